The Bertz CT molecular complexity index is 89.0. The molecule has 0 aliphatic heterocycles. The second-order valence-electron chi connectivity index (χ2n) is 5.46. The standard InChI is InChI=1S/C10H24S/c1-10(2,3)8-7-9-11(4,5)6/h7-9H2,1-6H3. The third-order valence-electron chi connectivity index (χ3n) is 1.68. The molecule has 0 atom stereocenters. The van der Waals surface area contributed by atoms with Crippen LogP contribution < -0.4 is 0 Å². The van der Waals surface area contributed by atoms with Crippen LogP contribution in [0.4, 0.5) is 0 Å². The van der Waals surface area contributed by atoms with Crippen molar-refractivity contribution in [3.8, 4) is 0 Å². The molecule has 0 aromatic heterocycles. The summed E-state index contributed by atoms with van der Waals surface area (Å²) in [6.07, 6.45) is 9.97. The number of rotatable bonds is 3. The van der Waals surface area contributed by atoms with E-state index < -0.39 is 0 Å². The summed E-state index contributed by atoms with van der Waals surface area (Å²) < 4.78 is 0. The van der Waals surface area contributed by atoms with E-state index in [1.807, 2.05) is 0 Å². The highest BCUT2D eigenvalue weighted by Gasteiger charge is 2.11. The minimum atomic E-state index is -0.247. The lowest BCUT2D eigenvalue weighted by Crippen LogP contribution is -2.07. The first-order valence-electron chi connectivity index (χ1n) is 4.37. The molecular formula is C10H24S. The summed E-state index contributed by atoms with van der Waals surface area (Å²) in [5.41, 5.74) is 0.532. The van der Waals surface area contributed by atoms with Crippen LogP contribution in [0.3, 0.4) is 0 Å². The van der Waals surface area contributed by atoms with Crippen LogP contribution in [0.15, 0.2) is 0 Å². The van der Waals surface area contributed by atoms with Gasteiger partial charge >= 0.3 is 0 Å². The molecule has 0 spiro atoms. The van der Waals surface area contributed by atoms with Crippen molar-refractivity contribution in [1.29, 1.82) is 0 Å². The van der Waals surface area contributed by atoms with Crippen LogP contribution in [0.2, 0.25) is 0 Å². The van der Waals surface area contributed by atoms with E-state index in [1.165, 1.54) is 18.6 Å². The van der Waals surface area contributed by atoms with Gasteiger partial charge in [0.25, 0.3) is 0 Å². The largest absolute Gasteiger partial charge is 0.250 e. The van der Waals surface area contributed by atoms with Crippen LogP contribution in [0.25, 0.3) is 0 Å². The molecule has 1 heteroatoms. The SMILES string of the molecule is CC(C)(C)CCCS(C)(C)C. The maximum atomic E-state index is 2.40. The Balaban J connectivity index is 3.44. The van der Waals surface area contributed by atoms with Gasteiger partial charge in [0.2, 0.25) is 0 Å². The summed E-state index contributed by atoms with van der Waals surface area (Å²) in [5, 5.41) is 0. The van der Waals surface area contributed by atoms with Crippen LogP contribution >= 0.6 is 10.0 Å². The Morgan fingerprint density at radius 1 is 1.00 bits per heavy atom. The molecular weight excluding hydrogens is 152 g/mol. The van der Waals surface area contributed by atoms with Crippen molar-refractivity contribution in [3.63, 3.8) is 0 Å². The molecule has 0 heterocycles. The van der Waals surface area contributed by atoms with Crippen molar-refractivity contribution in [2.75, 3.05) is 24.5 Å². The van der Waals surface area contributed by atoms with Crippen molar-refractivity contribution in [3.05, 3.63) is 0 Å². The van der Waals surface area contributed by atoms with Crippen LogP contribution in [-0.2, 0) is 0 Å². The smallest absolute Gasteiger partial charge is 0.0235 e. The summed E-state index contributed by atoms with van der Waals surface area (Å²) in [5.74, 6) is 1.43. The van der Waals surface area contributed by atoms with E-state index in [1.54, 1.807) is 0 Å². The van der Waals surface area contributed by atoms with Gasteiger partial charge in [-0.2, -0.15) is 0 Å². The Morgan fingerprint density at radius 3 is 1.73 bits per heavy atom. The average molecular weight is 176 g/mol. The first-order valence-corrected chi connectivity index (χ1v) is 7.39. The quantitative estimate of drug-likeness (QED) is 0.617. The molecule has 0 saturated carbocycles. The highest BCUT2D eigenvalue weighted by atomic mass is 32.3. The molecule has 0 saturated heterocycles. The van der Waals surface area contributed by atoms with E-state index in [0.29, 0.717) is 5.41 Å². The van der Waals surface area contributed by atoms with Gasteiger partial charge in [-0.3, -0.25) is 0 Å². The van der Waals surface area contributed by atoms with Crippen LogP contribution in [-0.4, -0.2) is 24.5 Å². The lowest BCUT2D eigenvalue weighted by molar-refractivity contribution is 0.374. The third kappa shape index (κ3) is 10.4. The lowest BCUT2D eigenvalue weighted by Gasteiger charge is -2.27. The van der Waals surface area contributed by atoms with E-state index in [9.17, 15) is 0 Å². The van der Waals surface area contributed by atoms with Gasteiger partial charge in [0.15, 0.2) is 0 Å². The molecule has 0 unspecified atom stereocenters. The fourth-order valence-electron chi connectivity index (χ4n) is 1.04. The average Bonchev–Trinajstić information content (AvgIpc) is 1.55. The highest BCUT2D eigenvalue weighted by molar-refractivity contribution is 8.32. The molecule has 70 valence electrons. The Morgan fingerprint density at radius 2 is 1.45 bits per heavy atom. The minimum absolute atomic E-state index is 0.247. The number of hydrogen-bond acceptors (Lipinski definition) is 0. The van der Waals surface area contributed by atoms with E-state index in [-0.39, 0.29) is 10.0 Å². The second kappa shape index (κ2) is 3.84. The zero-order chi connectivity index (χ0) is 9.12. The second-order valence-corrected chi connectivity index (χ2v) is 10.0. The molecule has 0 bridgehead atoms. The maximum Gasteiger partial charge on any atom is -0.0235 e. The van der Waals surface area contributed by atoms with Crippen molar-refractivity contribution in [1.82, 2.24) is 0 Å². The van der Waals surface area contributed by atoms with Gasteiger partial charge in [0.05, 0.1) is 0 Å². The van der Waals surface area contributed by atoms with Gasteiger partial charge in [0, 0.05) is 0 Å². The van der Waals surface area contributed by atoms with E-state index in [4.69, 9.17) is 0 Å². The first-order chi connectivity index (χ1) is 4.71. The van der Waals surface area contributed by atoms with Gasteiger partial charge in [-0.25, -0.2) is 10.0 Å². The predicted octanol–water partition coefficient (Wildman–Crippen LogP) is 3.51. The molecule has 0 amide bonds. The Hall–Kier alpha value is 0.350. The van der Waals surface area contributed by atoms with Crippen molar-refractivity contribution < 1.29 is 0 Å². The zero-order valence-electron chi connectivity index (χ0n) is 9.03. The molecule has 0 N–H and O–H groups in total. The lowest BCUT2D eigenvalue weighted by atomic mass is 9.91. The zero-order valence-corrected chi connectivity index (χ0v) is 9.85. The summed E-state index contributed by atoms with van der Waals surface area (Å²) in [6, 6.07) is 0. The molecule has 11 heavy (non-hydrogen) atoms. The van der Waals surface area contributed by atoms with Crippen molar-refractivity contribution in [2.24, 2.45) is 5.41 Å². The third-order valence-corrected chi connectivity index (χ3v) is 3.20. The van der Waals surface area contributed by atoms with Crippen LogP contribution in [0, 0.1) is 5.41 Å². The van der Waals surface area contributed by atoms with Gasteiger partial charge in [-0.15, -0.1) is 0 Å². The molecule has 0 aromatic rings. The van der Waals surface area contributed by atoms with Gasteiger partial charge in [-0.05, 0) is 42.8 Å². The molecule has 0 nitrogen and oxygen atoms in total. The summed E-state index contributed by atoms with van der Waals surface area (Å²) in [4.78, 5) is 0. The fraction of sp³-hybridized carbons (Fsp3) is 1.00. The predicted molar refractivity (Wildman–Crippen MR) is 58.9 cm³/mol. The monoisotopic (exact) mass is 176 g/mol. The summed E-state index contributed by atoms with van der Waals surface area (Å²) in [6.45, 7) is 6.97. The molecule has 0 radical (unpaired) electrons. The summed E-state index contributed by atoms with van der Waals surface area (Å²) >= 11 is 0. The normalized spacial score (nSPS) is 15.1. The van der Waals surface area contributed by atoms with Gasteiger partial charge in [0.1, 0.15) is 0 Å². The number of hydrogen-bond donors (Lipinski definition) is 0. The fourth-order valence-corrected chi connectivity index (χ4v) is 2.05. The minimum Gasteiger partial charge on any atom is -0.250 e. The first kappa shape index (κ1) is 11.4. The highest BCUT2D eigenvalue weighted by Crippen LogP contribution is 2.36. The Labute approximate surface area is 74.1 Å². The molecule has 0 aliphatic rings. The van der Waals surface area contributed by atoms with Crippen LogP contribution in [0.1, 0.15) is 33.6 Å². The molecule has 0 fully saturated rings. The molecule has 0 aliphatic carbocycles. The molecule has 0 aromatic carbocycles. The summed E-state index contributed by atoms with van der Waals surface area (Å²) in [7, 11) is -0.247. The van der Waals surface area contributed by atoms with Gasteiger partial charge in [-0.1, -0.05) is 20.8 Å². The van der Waals surface area contributed by atoms with E-state index in [2.05, 4.69) is 39.5 Å². The van der Waals surface area contributed by atoms with E-state index >= 15 is 0 Å². The molecule has 0 rings (SSSR count). The van der Waals surface area contributed by atoms with Gasteiger partial charge < -0.3 is 0 Å². The van der Waals surface area contributed by atoms with E-state index in [0.717, 1.165) is 0 Å². The topological polar surface area (TPSA) is 0 Å². The van der Waals surface area contributed by atoms with Crippen LogP contribution in [0.5, 0.6) is 0 Å². The van der Waals surface area contributed by atoms with Crippen molar-refractivity contribution >= 4 is 10.0 Å². The van der Waals surface area contributed by atoms with Crippen molar-refractivity contribution in [2.45, 2.75) is 33.6 Å². The maximum absolute atomic E-state index is 2.40. The Kier molecular flexibility index (Phi) is 3.96.